The Labute approximate surface area is 292 Å². The summed E-state index contributed by atoms with van der Waals surface area (Å²) in [5.41, 5.74) is 4.96. The SMILES string of the molecule is c1ccc(Cc2cccc3c4ccccc4c4ccccc4c23)cc1.c1ccc(Nc2ccc3c4ccccc4c4ccccc4c3c2)cc1. The van der Waals surface area contributed by atoms with Gasteiger partial charge in [0.1, 0.15) is 0 Å². The van der Waals surface area contributed by atoms with Crippen molar-refractivity contribution in [3.8, 4) is 0 Å². The fourth-order valence-electron chi connectivity index (χ4n) is 7.67. The van der Waals surface area contributed by atoms with Crippen molar-refractivity contribution in [3.05, 3.63) is 205 Å². The number of fused-ring (bicyclic) bond motifs is 12. The van der Waals surface area contributed by atoms with Crippen LogP contribution in [0.5, 0.6) is 0 Å². The zero-order valence-corrected chi connectivity index (χ0v) is 27.7. The van der Waals surface area contributed by atoms with Crippen LogP contribution in [0.3, 0.4) is 0 Å². The lowest BCUT2D eigenvalue weighted by Gasteiger charge is -2.14. The summed E-state index contributed by atoms with van der Waals surface area (Å²) >= 11 is 0. The largest absolute Gasteiger partial charge is 0.356 e. The number of anilines is 2. The molecule has 0 spiro atoms. The molecule has 10 rings (SSSR count). The van der Waals surface area contributed by atoms with E-state index in [2.05, 4.69) is 181 Å². The van der Waals surface area contributed by atoms with Gasteiger partial charge in [-0.3, -0.25) is 0 Å². The molecule has 0 atom stereocenters. The highest BCUT2D eigenvalue weighted by atomic mass is 14.9. The van der Waals surface area contributed by atoms with Crippen LogP contribution in [0.2, 0.25) is 0 Å². The molecule has 1 nitrogen and oxygen atoms in total. The summed E-state index contributed by atoms with van der Waals surface area (Å²) in [4.78, 5) is 0. The van der Waals surface area contributed by atoms with Crippen LogP contribution in [-0.2, 0) is 6.42 Å². The smallest absolute Gasteiger partial charge is 0.0390 e. The minimum Gasteiger partial charge on any atom is -0.356 e. The Bertz CT molecular complexity index is 2660. The van der Waals surface area contributed by atoms with Crippen molar-refractivity contribution >= 4 is 76.0 Å². The minimum atomic E-state index is 0.959. The molecule has 10 aromatic rings. The quantitative estimate of drug-likeness (QED) is 0.189. The maximum atomic E-state index is 3.51. The molecule has 1 heteroatoms. The lowest BCUT2D eigenvalue weighted by molar-refractivity contribution is 1.22. The lowest BCUT2D eigenvalue weighted by atomic mass is 9.90. The minimum absolute atomic E-state index is 0.959. The molecule has 10 aromatic carbocycles. The fourth-order valence-corrected chi connectivity index (χ4v) is 7.67. The van der Waals surface area contributed by atoms with E-state index in [9.17, 15) is 0 Å². The zero-order chi connectivity index (χ0) is 33.3. The van der Waals surface area contributed by atoms with Gasteiger partial charge in [0.05, 0.1) is 0 Å². The van der Waals surface area contributed by atoms with Crippen molar-refractivity contribution < 1.29 is 0 Å². The highest BCUT2D eigenvalue weighted by molar-refractivity contribution is 6.27. The molecule has 0 radical (unpaired) electrons. The fraction of sp³-hybridized carbons (Fsp3) is 0.0204. The van der Waals surface area contributed by atoms with Crippen LogP contribution >= 0.6 is 0 Å². The number of para-hydroxylation sites is 1. The van der Waals surface area contributed by atoms with Crippen LogP contribution in [0.1, 0.15) is 11.1 Å². The molecule has 236 valence electrons. The Morgan fingerprint density at radius 1 is 0.280 bits per heavy atom. The molecule has 0 aliphatic carbocycles. The van der Waals surface area contributed by atoms with Crippen molar-refractivity contribution in [2.24, 2.45) is 0 Å². The summed E-state index contributed by atoms with van der Waals surface area (Å²) < 4.78 is 0. The third-order valence-electron chi connectivity index (χ3n) is 9.90. The van der Waals surface area contributed by atoms with Crippen molar-refractivity contribution in [1.29, 1.82) is 0 Å². The van der Waals surface area contributed by atoms with Crippen LogP contribution in [0.15, 0.2) is 194 Å². The van der Waals surface area contributed by atoms with Crippen molar-refractivity contribution in [3.63, 3.8) is 0 Å². The van der Waals surface area contributed by atoms with Crippen molar-refractivity contribution in [2.45, 2.75) is 6.42 Å². The topological polar surface area (TPSA) is 12.0 Å². The Hall–Kier alpha value is -6.44. The monoisotopic (exact) mass is 637 g/mol. The normalized spacial score (nSPS) is 11.3. The number of hydrogen-bond acceptors (Lipinski definition) is 1. The Morgan fingerprint density at radius 2 is 0.680 bits per heavy atom. The Morgan fingerprint density at radius 3 is 1.22 bits per heavy atom. The van der Waals surface area contributed by atoms with Crippen molar-refractivity contribution in [1.82, 2.24) is 0 Å². The van der Waals surface area contributed by atoms with E-state index < -0.39 is 0 Å². The van der Waals surface area contributed by atoms with E-state index in [1.54, 1.807) is 0 Å². The lowest BCUT2D eigenvalue weighted by Crippen LogP contribution is -1.92. The van der Waals surface area contributed by atoms with E-state index in [0.29, 0.717) is 0 Å². The van der Waals surface area contributed by atoms with Gasteiger partial charge in [-0.1, -0.05) is 170 Å². The molecule has 0 saturated heterocycles. The van der Waals surface area contributed by atoms with E-state index in [1.165, 1.54) is 75.8 Å². The molecule has 0 amide bonds. The van der Waals surface area contributed by atoms with E-state index in [4.69, 9.17) is 0 Å². The van der Waals surface area contributed by atoms with Gasteiger partial charge in [0.2, 0.25) is 0 Å². The molecule has 0 aliphatic heterocycles. The summed E-state index contributed by atoms with van der Waals surface area (Å²) in [5.74, 6) is 0. The summed E-state index contributed by atoms with van der Waals surface area (Å²) in [7, 11) is 0. The first-order chi connectivity index (χ1) is 24.8. The molecule has 50 heavy (non-hydrogen) atoms. The molecule has 0 aliphatic rings. The van der Waals surface area contributed by atoms with Crippen LogP contribution in [0.25, 0.3) is 64.6 Å². The Kier molecular flexibility index (Phi) is 7.64. The van der Waals surface area contributed by atoms with Gasteiger partial charge in [-0.15, -0.1) is 0 Å². The average molecular weight is 638 g/mol. The number of rotatable bonds is 4. The number of benzene rings is 10. The van der Waals surface area contributed by atoms with Gasteiger partial charge >= 0.3 is 0 Å². The third-order valence-corrected chi connectivity index (χ3v) is 9.90. The molecule has 0 aromatic heterocycles. The van der Waals surface area contributed by atoms with Gasteiger partial charge < -0.3 is 5.32 Å². The predicted molar refractivity (Wildman–Crippen MR) is 217 cm³/mol. The maximum absolute atomic E-state index is 3.51. The Balaban J connectivity index is 0.000000135. The highest BCUT2D eigenvalue weighted by Crippen LogP contribution is 2.38. The predicted octanol–water partition coefficient (Wildman–Crippen LogP) is 13.6. The van der Waals surface area contributed by atoms with Crippen LogP contribution in [0, 0.1) is 0 Å². The van der Waals surface area contributed by atoms with Gasteiger partial charge in [0, 0.05) is 11.4 Å². The van der Waals surface area contributed by atoms with Gasteiger partial charge in [0.25, 0.3) is 0 Å². The van der Waals surface area contributed by atoms with Crippen LogP contribution in [-0.4, -0.2) is 0 Å². The second-order valence-electron chi connectivity index (χ2n) is 12.9. The zero-order valence-electron chi connectivity index (χ0n) is 27.7. The highest BCUT2D eigenvalue weighted by Gasteiger charge is 2.12. The van der Waals surface area contributed by atoms with E-state index in [-0.39, 0.29) is 0 Å². The molecule has 0 saturated carbocycles. The molecular weight excluding hydrogens is 603 g/mol. The van der Waals surface area contributed by atoms with Gasteiger partial charge in [-0.25, -0.2) is 0 Å². The van der Waals surface area contributed by atoms with Crippen LogP contribution < -0.4 is 5.32 Å². The molecule has 0 bridgehead atoms. The van der Waals surface area contributed by atoms with E-state index in [1.807, 2.05) is 18.2 Å². The third kappa shape index (κ3) is 5.40. The molecule has 1 N–H and O–H groups in total. The molecular formula is C49H35N. The molecule has 0 fully saturated rings. The first kappa shape index (κ1) is 29.7. The van der Waals surface area contributed by atoms with Crippen LogP contribution in [0.4, 0.5) is 11.4 Å². The first-order valence-electron chi connectivity index (χ1n) is 17.3. The molecule has 0 unspecified atom stereocenters. The second-order valence-corrected chi connectivity index (χ2v) is 12.9. The van der Waals surface area contributed by atoms with E-state index >= 15 is 0 Å². The first-order valence-corrected chi connectivity index (χ1v) is 17.3. The maximum Gasteiger partial charge on any atom is 0.0390 e. The van der Waals surface area contributed by atoms with Gasteiger partial charge in [0.15, 0.2) is 0 Å². The number of nitrogens with one attached hydrogen (secondary N) is 1. The average Bonchev–Trinajstić information content (AvgIpc) is 3.19. The molecule has 0 heterocycles. The van der Waals surface area contributed by atoms with Crippen molar-refractivity contribution in [2.75, 3.05) is 5.32 Å². The second kappa shape index (κ2) is 12.9. The van der Waals surface area contributed by atoms with E-state index in [0.717, 1.165) is 17.8 Å². The number of hydrogen-bond donors (Lipinski definition) is 1. The van der Waals surface area contributed by atoms with Gasteiger partial charge in [-0.2, -0.15) is 0 Å². The standard InChI is InChI=1S/C25H18.C24H17N/c1-2-9-18(10-3-1)17-19-11-8-16-24-22-13-5-4-12-20(22)21-14-6-7-15-23(21)25(19)24;1-2-8-17(9-3-1)25-18-14-15-23-21-12-5-4-10-19(21)20-11-6-7-13-22(20)24(23)16-18/h1-16H,17H2;1-16,25H. The summed E-state index contributed by atoms with van der Waals surface area (Å²) in [6.07, 6.45) is 0.959. The summed E-state index contributed by atoms with van der Waals surface area (Å²) in [6, 6.07) is 69.3. The summed E-state index contributed by atoms with van der Waals surface area (Å²) in [5, 5.41) is 19.4. The summed E-state index contributed by atoms with van der Waals surface area (Å²) in [6.45, 7) is 0. The van der Waals surface area contributed by atoms with Gasteiger partial charge in [-0.05, 0) is 106 Å².